The van der Waals surface area contributed by atoms with Crippen molar-refractivity contribution in [1.82, 2.24) is 4.98 Å². The first-order chi connectivity index (χ1) is 5.79. The highest BCUT2D eigenvalue weighted by Gasteiger charge is 2.00. The summed E-state index contributed by atoms with van der Waals surface area (Å²) in [5, 5.41) is 2.93. The first-order valence-electron chi connectivity index (χ1n) is 3.58. The lowest BCUT2D eigenvalue weighted by Gasteiger charge is -2.00. The molecule has 0 radical (unpaired) electrons. The number of halogens is 1. The molecule has 1 unspecified atom stereocenters. The fourth-order valence-electron chi connectivity index (χ4n) is 1.16. The fraction of sp³-hybridized carbons (Fsp3) is 0. The van der Waals surface area contributed by atoms with Gasteiger partial charge in [-0.2, -0.15) is 0 Å². The van der Waals surface area contributed by atoms with Crippen molar-refractivity contribution in [3.8, 4) is 0 Å². The summed E-state index contributed by atoms with van der Waals surface area (Å²) in [4.78, 5) is 4.20. The van der Waals surface area contributed by atoms with Crippen LogP contribution in [-0.2, 0) is 0 Å². The van der Waals surface area contributed by atoms with Crippen molar-refractivity contribution < 1.29 is 0 Å². The van der Waals surface area contributed by atoms with Crippen LogP contribution in [0.25, 0.3) is 10.9 Å². The number of hydrogen-bond acceptors (Lipinski definition) is 1. The van der Waals surface area contributed by atoms with Gasteiger partial charge in [-0.25, -0.2) is 0 Å². The monoisotopic (exact) mass is 195 g/mol. The van der Waals surface area contributed by atoms with Crippen molar-refractivity contribution in [2.75, 3.05) is 0 Å². The van der Waals surface area contributed by atoms with Crippen molar-refractivity contribution in [3.63, 3.8) is 0 Å². The van der Waals surface area contributed by atoms with Gasteiger partial charge in [0.15, 0.2) is 0 Å². The highest BCUT2D eigenvalue weighted by molar-refractivity contribution is 7.28. The molecule has 1 aromatic carbocycles. The standard InChI is InChI=1S/C9H7ClNP/c10-7-3-1-2-6-8(12)4-5-11-9(6)7/h1-5H,12H2. The first kappa shape index (κ1) is 7.97. The molecule has 3 heteroatoms. The van der Waals surface area contributed by atoms with E-state index < -0.39 is 0 Å². The van der Waals surface area contributed by atoms with E-state index in [9.17, 15) is 0 Å². The maximum Gasteiger partial charge on any atom is 0.0894 e. The molecule has 1 nitrogen and oxygen atoms in total. The van der Waals surface area contributed by atoms with E-state index in [0.717, 1.165) is 16.2 Å². The lowest BCUT2D eigenvalue weighted by Crippen LogP contribution is -1.93. The third-order valence-electron chi connectivity index (χ3n) is 1.76. The Balaban J connectivity index is 2.94. The van der Waals surface area contributed by atoms with Crippen molar-refractivity contribution in [3.05, 3.63) is 35.5 Å². The van der Waals surface area contributed by atoms with Crippen LogP contribution in [0.5, 0.6) is 0 Å². The van der Waals surface area contributed by atoms with Gasteiger partial charge in [0.05, 0.1) is 10.5 Å². The Hall–Kier alpha value is -0.650. The van der Waals surface area contributed by atoms with Gasteiger partial charge >= 0.3 is 0 Å². The SMILES string of the molecule is Pc1ccnc2c(Cl)cccc12. The zero-order valence-electron chi connectivity index (χ0n) is 6.29. The van der Waals surface area contributed by atoms with Gasteiger partial charge in [-0.15, -0.1) is 9.24 Å². The number of rotatable bonds is 0. The molecular weight excluding hydrogens is 189 g/mol. The molecule has 12 heavy (non-hydrogen) atoms. The molecule has 0 spiro atoms. The Morgan fingerprint density at radius 3 is 2.83 bits per heavy atom. The van der Waals surface area contributed by atoms with Crippen LogP contribution in [0, 0.1) is 0 Å². The summed E-state index contributed by atoms with van der Waals surface area (Å²) in [5.74, 6) is 0. The molecule has 0 aliphatic rings. The summed E-state index contributed by atoms with van der Waals surface area (Å²) in [7, 11) is 2.67. The van der Waals surface area contributed by atoms with Crippen LogP contribution in [0.4, 0.5) is 0 Å². The predicted molar refractivity (Wildman–Crippen MR) is 56.1 cm³/mol. The molecule has 2 aromatic rings. The van der Waals surface area contributed by atoms with Gasteiger partial charge in [0.25, 0.3) is 0 Å². The Morgan fingerprint density at radius 1 is 1.25 bits per heavy atom. The van der Waals surface area contributed by atoms with Crippen LogP contribution in [0.3, 0.4) is 0 Å². The van der Waals surface area contributed by atoms with E-state index in [2.05, 4.69) is 14.2 Å². The van der Waals surface area contributed by atoms with Crippen molar-refractivity contribution in [2.24, 2.45) is 0 Å². The number of hydrogen-bond donors (Lipinski definition) is 0. The lowest BCUT2D eigenvalue weighted by atomic mass is 10.2. The van der Waals surface area contributed by atoms with E-state index in [1.807, 2.05) is 24.3 Å². The number of fused-ring (bicyclic) bond motifs is 1. The molecule has 0 fully saturated rings. The molecule has 0 aliphatic carbocycles. The molecule has 0 saturated heterocycles. The number of benzene rings is 1. The molecule has 1 atom stereocenters. The van der Waals surface area contributed by atoms with Gasteiger partial charge in [-0.1, -0.05) is 23.7 Å². The molecule has 0 N–H and O–H groups in total. The quantitative estimate of drug-likeness (QED) is 0.589. The second-order valence-electron chi connectivity index (χ2n) is 2.54. The van der Waals surface area contributed by atoms with Crippen LogP contribution >= 0.6 is 20.8 Å². The Bertz CT molecular complexity index is 387. The minimum absolute atomic E-state index is 0.705. The average Bonchev–Trinajstić information content (AvgIpc) is 2.07. The summed E-state index contributed by atoms with van der Waals surface area (Å²) in [6.45, 7) is 0. The maximum absolute atomic E-state index is 5.96. The van der Waals surface area contributed by atoms with E-state index in [1.165, 1.54) is 0 Å². The van der Waals surface area contributed by atoms with Gasteiger partial charge in [0.2, 0.25) is 0 Å². The summed E-state index contributed by atoms with van der Waals surface area (Å²) < 4.78 is 0. The third-order valence-corrected chi connectivity index (χ3v) is 2.56. The van der Waals surface area contributed by atoms with E-state index in [4.69, 9.17) is 11.6 Å². The molecule has 0 aliphatic heterocycles. The third kappa shape index (κ3) is 1.20. The summed E-state index contributed by atoms with van der Waals surface area (Å²) in [5.41, 5.74) is 0.867. The normalized spacial score (nSPS) is 10.5. The number of para-hydroxylation sites is 1. The predicted octanol–water partition coefficient (Wildman–Crippen LogP) is 2.39. The second kappa shape index (κ2) is 3.01. The summed E-state index contributed by atoms with van der Waals surface area (Å²) >= 11 is 5.96. The van der Waals surface area contributed by atoms with Gasteiger partial charge < -0.3 is 0 Å². The van der Waals surface area contributed by atoms with Crippen LogP contribution in [0.2, 0.25) is 5.02 Å². The topological polar surface area (TPSA) is 12.9 Å². The second-order valence-corrected chi connectivity index (χ2v) is 3.57. The number of aromatic nitrogens is 1. The van der Waals surface area contributed by atoms with Crippen LogP contribution in [0.1, 0.15) is 0 Å². The molecule has 1 heterocycles. The van der Waals surface area contributed by atoms with Crippen LogP contribution in [0.15, 0.2) is 30.5 Å². The van der Waals surface area contributed by atoms with Gasteiger partial charge in [0.1, 0.15) is 0 Å². The van der Waals surface area contributed by atoms with Crippen molar-refractivity contribution in [1.29, 1.82) is 0 Å². The molecule has 60 valence electrons. The largest absolute Gasteiger partial charge is 0.255 e. The molecule has 1 aromatic heterocycles. The summed E-state index contributed by atoms with van der Waals surface area (Å²) in [6.07, 6.45) is 1.76. The van der Waals surface area contributed by atoms with Crippen molar-refractivity contribution in [2.45, 2.75) is 0 Å². The van der Waals surface area contributed by atoms with E-state index >= 15 is 0 Å². The average molecular weight is 196 g/mol. The number of nitrogens with zero attached hydrogens (tertiary/aromatic N) is 1. The smallest absolute Gasteiger partial charge is 0.0894 e. The first-order valence-corrected chi connectivity index (χ1v) is 4.53. The highest BCUT2D eigenvalue weighted by Crippen LogP contribution is 2.19. The van der Waals surface area contributed by atoms with Gasteiger partial charge in [-0.3, -0.25) is 4.98 Å². The maximum atomic E-state index is 5.96. The van der Waals surface area contributed by atoms with Crippen molar-refractivity contribution >= 4 is 37.0 Å². The molecule has 0 saturated carbocycles. The van der Waals surface area contributed by atoms with E-state index in [-0.39, 0.29) is 0 Å². The lowest BCUT2D eigenvalue weighted by molar-refractivity contribution is 1.42. The van der Waals surface area contributed by atoms with Gasteiger partial charge in [-0.05, 0) is 17.4 Å². The zero-order valence-corrected chi connectivity index (χ0v) is 8.20. The fourth-order valence-corrected chi connectivity index (χ4v) is 1.70. The number of pyridine rings is 1. The Morgan fingerprint density at radius 2 is 2.08 bits per heavy atom. The molecule has 0 bridgehead atoms. The Labute approximate surface area is 78.0 Å². The van der Waals surface area contributed by atoms with Crippen LogP contribution < -0.4 is 5.30 Å². The molecule has 2 rings (SSSR count). The Kier molecular flexibility index (Phi) is 2.00. The highest BCUT2D eigenvalue weighted by atomic mass is 35.5. The minimum Gasteiger partial charge on any atom is -0.255 e. The minimum atomic E-state index is 0.705. The van der Waals surface area contributed by atoms with Crippen LogP contribution in [-0.4, -0.2) is 4.98 Å². The van der Waals surface area contributed by atoms with E-state index in [1.54, 1.807) is 6.20 Å². The zero-order chi connectivity index (χ0) is 8.55. The molecular formula is C9H7ClNP. The summed E-state index contributed by atoms with van der Waals surface area (Å²) in [6, 6.07) is 7.74. The molecule has 0 amide bonds. The van der Waals surface area contributed by atoms with Gasteiger partial charge in [0, 0.05) is 11.6 Å². The van der Waals surface area contributed by atoms with E-state index in [0.29, 0.717) is 5.02 Å².